The first-order chi connectivity index (χ1) is 10.6. The van der Waals surface area contributed by atoms with Gasteiger partial charge in [0.2, 0.25) is 0 Å². The molecule has 2 heterocycles. The van der Waals surface area contributed by atoms with Crippen LogP contribution < -0.4 is 5.32 Å². The fourth-order valence-corrected chi connectivity index (χ4v) is 3.89. The summed E-state index contributed by atoms with van der Waals surface area (Å²) in [7, 11) is 0. The molecule has 2 N–H and O–H groups in total. The Morgan fingerprint density at radius 1 is 1.09 bits per heavy atom. The Morgan fingerprint density at radius 3 is 2.50 bits per heavy atom. The number of piperidine rings is 1. The molecule has 122 valence electrons. The Morgan fingerprint density at radius 2 is 1.82 bits per heavy atom. The summed E-state index contributed by atoms with van der Waals surface area (Å²) in [5, 5.41) is 13.8. The zero-order chi connectivity index (χ0) is 15.5. The lowest BCUT2D eigenvalue weighted by atomic mass is 9.89. The molecule has 0 spiro atoms. The molecule has 2 aliphatic rings. The van der Waals surface area contributed by atoms with Crippen molar-refractivity contribution in [2.45, 2.75) is 70.6 Å². The molecule has 1 aliphatic carbocycles. The van der Waals surface area contributed by atoms with Crippen LogP contribution >= 0.6 is 0 Å². The van der Waals surface area contributed by atoms with Crippen molar-refractivity contribution in [2.75, 3.05) is 18.4 Å². The third kappa shape index (κ3) is 3.76. The van der Waals surface area contributed by atoms with Crippen molar-refractivity contribution >= 4 is 5.82 Å². The fraction of sp³-hybridized carbons (Fsp3) is 0.765. The van der Waals surface area contributed by atoms with Crippen LogP contribution in [0.25, 0.3) is 0 Å². The minimum absolute atomic E-state index is 0.120. The van der Waals surface area contributed by atoms with E-state index in [0.717, 1.165) is 56.1 Å². The fourth-order valence-electron chi connectivity index (χ4n) is 3.89. The van der Waals surface area contributed by atoms with Crippen molar-refractivity contribution < 1.29 is 5.11 Å². The van der Waals surface area contributed by atoms with Gasteiger partial charge in [-0.25, -0.2) is 9.97 Å². The lowest BCUT2D eigenvalue weighted by Gasteiger charge is -2.41. The number of aromatic nitrogens is 2. The molecule has 5 heteroatoms. The van der Waals surface area contributed by atoms with Gasteiger partial charge in [-0.3, -0.25) is 4.90 Å². The van der Waals surface area contributed by atoms with Gasteiger partial charge in [-0.05, 0) is 39.5 Å². The van der Waals surface area contributed by atoms with Gasteiger partial charge in [-0.15, -0.1) is 0 Å². The molecule has 1 aliphatic heterocycles. The predicted octanol–water partition coefficient (Wildman–Crippen LogP) is 2.27. The molecule has 2 fully saturated rings. The standard InChI is InChI=1S/C17H28N4O/c1-12-11-17(19-13(2)18-12)20-14-7-9-21(10-8-14)15-5-3-4-6-16(15)22/h11,14-16,22H,3-10H2,1-2H3,(H,18,19,20). The van der Waals surface area contributed by atoms with Gasteiger partial charge in [0.1, 0.15) is 11.6 Å². The van der Waals surface area contributed by atoms with Crippen LogP contribution in [0.5, 0.6) is 0 Å². The van der Waals surface area contributed by atoms with Crippen LogP contribution in [0.1, 0.15) is 50.0 Å². The van der Waals surface area contributed by atoms with Gasteiger partial charge in [0.15, 0.2) is 0 Å². The Bertz CT molecular complexity index is 479. The Kier molecular flexibility index (Phi) is 4.93. The molecular weight excluding hydrogens is 276 g/mol. The highest BCUT2D eigenvalue weighted by atomic mass is 16.3. The number of hydrogen-bond donors (Lipinski definition) is 2. The van der Waals surface area contributed by atoms with E-state index >= 15 is 0 Å². The van der Waals surface area contributed by atoms with Gasteiger partial charge in [-0.1, -0.05) is 12.8 Å². The second kappa shape index (κ2) is 6.92. The zero-order valence-electron chi connectivity index (χ0n) is 13.8. The number of likely N-dealkylation sites (tertiary alicyclic amines) is 1. The summed E-state index contributed by atoms with van der Waals surface area (Å²) < 4.78 is 0. The van der Waals surface area contributed by atoms with E-state index < -0.39 is 0 Å². The van der Waals surface area contributed by atoms with Crippen LogP contribution in [-0.4, -0.2) is 51.3 Å². The zero-order valence-corrected chi connectivity index (χ0v) is 13.8. The molecule has 2 atom stereocenters. The smallest absolute Gasteiger partial charge is 0.130 e. The molecule has 0 aromatic carbocycles. The number of rotatable bonds is 3. The third-order valence-electron chi connectivity index (χ3n) is 5.01. The molecule has 0 amide bonds. The summed E-state index contributed by atoms with van der Waals surface area (Å²) >= 11 is 0. The maximum atomic E-state index is 10.2. The second-order valence-corrected chi connectivity index (χ2v) is 6.82. The first-order valence-electron chi connectivity index (χ1n) is 8.63. The van der Waals surface area contributed by atoms with Gasteiger partial charge in [0, 0.05) is 36.9 Å². The molecule has 1 saturated heterocycles. The second-order valence-electron chi connectivity index (χ2n) is 6.82. The minimum atomic E-state index is -0.120. The quantitative estimate of drug-likeness (QED) is 0.897. The van der Waals surface area contributed by atoms with Gasteiger partial charge in [0.25, 0.3) is 0 Å². The van der Waals surface area contributed by atoms with E-state index in [1.807, 2.05) is 19.9 Å². The number of aliphatic hydroxyl groups excluding tert-OH is 1. The Hall–Kier alpha value is -1.20. The van der Waals surface area contributed by atoms with Crippen LogP contribution in [-0.2, 0) is 0 Å². The lowest BCUT2D eigenvalue weighted by Crippen LogP contribution is -2.50. The van der Waals surface area contributed by atoms with Gasteiger partial charge < -0.3 is 10.4 Å². The van der Waals surface area contributed by atoms with E-state index in [1.54, 1.807) is 0 Å². The predicted molar refractivity (Wildman–Crippen MR) is 88.0 cm³/mol. The lowest BCUT2D eigenvalue weighted by molar-refractivity contribution is 0.00992. The Balaban J connectivity index is 1.53. The highest BCUT2D eigenvalue weighted by Crippen LogP contribution is 2.26. The number of hydrogen-bond acceptors (Lipinski definition) is 5. The van der Waals surface area contributed by atoms with E-state index in [4.69, 9.17) is 0 Å². The number of anilines is 1. The molecule has 0 radical (unpaired) electrons. The maximum Gasteiger partial charge on any atom is 0.130 e. The number of nitrogens with zero attached hydrogens (tertiary/aromatic N) is 3. The molecule has 5 nitrogen and oxygen atoms in total. The number of nitrogens with one attached hydrogen (secondary N) is 1. The SMILES string of the molecule is Cc1cc(NC2CCN(C3CCCCC3O)CC2)nc(C)n1. The topological polar surface area (TPSA) is 61.3 Å². The molecular formula is C17H28N4O. The van der Waals surface area contributed by atoms with E-state index in [-0.39, 0.29) is 6.10 Å². The van der Waals surface area contributed by atoms with E-state index in [2.05, 4.69) is 20.2 Å². The van der Waals surface area contributed by atoms with Crippen molar-refractivity contribution in [1.29, 1.82) is 0 Å². The van der Waals surface area contributed by atoms with E-state index in [9.17, 15) is 5.11 Å². The van der Waals surface area contributed by atoms with Crippen molar-refractivity contribution in [2.24, 2.45) is 0 Å². The number of aliphatic hydroxyl groups is 1. The van der Waals surface area contributed by atoms with Crippen molar-refractivity contribution in [1.82, 2.24) is 14.9 Å². The van der Waals surface area contributed by atoms with Gasteiger partial charge in [0.05, 0.1) is 6.10 Å². The first kappa shape index (κ1) is 15.7. The minimum Gasteiger partial charge on any atom is -0.391 e. The summed E-state index contributed by atoms with van der Waals surface area (Å²) in [5.74, 6) is 1.77. The van der Waals surface area contributed by atoms with Crippen LogP contribution in [0.4, 0.5) is 5.82 Å². The van der Waals surface area contributed by atoms with Crippen LogP contribution in [0.2, 0.25) is 0 Å². The van der Waals surface area contributed by atoms with Crippen LogP contribution in [0.3, 0.4) is 0 Å². The average molecular weight is 304 g/mol. The first-order valence-corrected chi connectivity index (χ1v) is 8.63. The molecule has 1 aromatic heterocycles. The largest absolute Gasteiger partial charge is 0.391 e. The maximum absolute atomic E-state index is 10.2. The molecule has 3 rings (SSSR count). The number of aryl methyl sites for hydroxylation is 2. The summed E-state index contributed by atoms with van der Waals surface area (Å²) in [5.41, 5.74) is 1.01. The van der Waals surface area contributed by atoms with Crippen LogP contribution in [0.15, 0.2) is 6.07 Å². The monoisotopic (exact) mass is 304 g/mol. The van der Waals surface area contributed by atoms with Crippen LogP contribution in [0, 0.1) is 13.8 Å². The average Bonchev–Trinajstić information content (AvgIpc) is 2.48. The van der Waals surface area contributed by atoms with Crippen molar-refractivity contribution in [3.8, 4) is 0 Å². The summed E-state index contributed by atoms with van der Waals surface area (Å²) in [6.45, 7) is 6.09. The van der Waals surface area contributed by atoms with Crippen molar-refractivity contribution in [3.63, 3.8) is 0 Å². The molecule has 0 bridgehead atoms. The summed E-state index contributed by atoms with van der Waals surface area (Å²) in [4.78, 5) is 11.3. The van der Waals surface area contributed by atoms with Gasteiger partial charge in [-0.2, -0.15) is 0 Å². The molecule has 22 heavy (non-hydrogen) atoms. The molecule has 2 unspecified atom stereocenters. The third-order valence-corrected chi connectivity index (χ3v) is 5.01. The molecule has 1 aromatic rings. The summed E-state index contributed by atoms with van der Waals surface area (Å²) in [6, 6.07) is 2.88. The molecule has 1 saturated carbocycles. The summed E-state index contributed by atoms with van der Waals surface area (Å²) in [6.07, 6.45) is 6.69. The highest BCUT2D eigenvalue weighted by Gasteiger charge is 2.31. The highest BCUT2D eigenvalue weighted by molar-refractivity contribution is 5.37. The van der Waals surface area contributed by atoms with E-state index in [1.165, 1.54) is 12.8 Å². The normalized spacial score (nSPS) is 27.8. The Labute approximate surface area is 133 Å². The van der Waals surface area contributed by atoms with Gasteiger partial charge >= 0.3 is 0 Å². The van der Waals surface area contributed by atoms with Crippen molar-refractivity contribution in [3.05, 3.63) is 17.6 Å². The van der Waals surface area contributed by atoms with E-state index in [0.29, 0.717) is 12.1 Å².